The van der Waals surface area contributed by atoms with Crippen LogP contribution in [0, 0.1) is 0 Å². The smallest absolute Gasteiger partial charge is 0.0490 e. The minimum Gasteiger partial charge on any atom is -0.312 e. The van der Waals surface area contributed by atoms with Gasteiger partial charge in [-0.3, -0.25) is 5.10 Å². The van der Waals surface area contributed by atoms with Gasteiger partial charge in [-0.1, -0.05) is 30.3 Å². The molecule has 0 fully saturated rings. The van der Waals surface area contributed by atoms with Crippen LogP contribution in [-0.2, 0) is 13.0 Å². The average Bonchev–Trinajstić information content (AvgIpc) is 2.79. The van der Waals surface area contributed by atoms with Crippen LogP contribution in [0.5, 0.6) is 0 Å². The molecule has 2 N–H and O–H groups in total. The summed E-state index contributed by atoms with van der Waals surface area (Å²) in [6.07, 6.45) is 2.78. The molecule has 0 aliphatic carbocycles. The molecule has 2 rings (SSSR count). The van der Waals surface area contributed by atoms with Gasteiger partial charge in [0.2, 0.25) is 0 Å². The first-order valence-corrected chi connectivity index (χ1v) is 5.18. The lowest BCUT2D eigenvalue weighted by Crippen LogP contribution is -2.16. The largest absolute Gasteiger partial charge is 0.312 e. The number of rotatable bonds is 5. The Balaban J connectivity index is 1.68. The third kappa shape index (κ3) is 3.22. The average molecular weight is 201 g/mol. The first-order valence-electron chi connectivity index (χ1n) is 5.18. The van der Waals surface area contributed by atoms with Crippen molar-refractivity contribution in [1.82, 2.24) is 15.5 Å². The monoisotopic (exact) mass is 201 g/mol. The van der Waals surface area contributed by atoms with Crippen LogP contribution in [0.15, 0.2) is 42.6 Å². The number of H-pyrrole nitrogens is 1. The molecule has 0 unspecified atom stereocenters. The first-order chi connectivity index (χ1) is 7.45. The van der Waals surface area contributed by atoms with Gasteiger partial charge in [0, 0.05) is 31.4 Å². The van der Waals surface area contributed by atoms with Crippen LogP contribution in [0.1, 0.15) is 11.3 Å². The third-order valence-corrected chi connectivity index (χ3v) is 2.30. The van der Waals surface area contributed by atoms with E-state index in [0.717, 1.165) is 19.5 Å². The van der Waals surface area contributed by atoms with Crippen molar-refractivity contribution in [1.29, 1.82) is 0 Å². The Labute approximate surface area is 89.5 Å². The van der Waals surface area contributed by atoms with Crippen LogP contribution in [0.2, 0.25) is 0 Å². The fourth-order valence-electron chi connectivity index (χ4n) is 1.48. The lowest BCUT2D eigenvalue weighted by Gasteiger charge is -2.03. The van der Waals surface area contributed by atoms with Gasteiger partial charge in [0.1, 0.15) is 0 Å². The van der Waals surface area contributed by atoms with Gasteiger partial charge >= 0.3 is 0 Å². The van der Waals surface area contributed by atoms with E-state index in [0.29, 0.717) is 0 Å². The van der Waals surface area contributed by atoms with Crippen LogP contribution >= 0.6 is 0 Å². The van der Waals surface area contributed by atoms with Crippen LogP contribution in [0.3, 0.4) is 0 Å². The van der Waals surface area contributed by atoms with Gasteiger partial charge in [-0.15, -0.1) is 0 Å². The second kappa shape index (κ2) is 5.32. The Bertz CT molecular complexity index is 367. The Morgan fingerprint density at radius 2 is 2.00 bits per heavy atom. The molecule has 2 aromatic rings. The Hall–Kier alpha value is -1.61. The predicted molar refractivity (Wildman–Crippen MR) is 60.4 cm³/mol. The second-order valence-electron chi connectivity index (χ2n) is 3.49. The van der Waals surface area contributed by atoms with Gasteiger partial charge in [-0.05, 0) is 11.6 Å². The van der Waals surface area contributed by atoms with Crippen LogP contribution in [0.25, 0.3) is 0 Å². The van der Waals surface area contributed by atoms with E-state index in [1.165, 1.54) is 11.3 Å². The molecule has 0 bridgehead atoms. The van der Waals surface area contributed by atoms with Gasteiger partial charge in [0.15, 0.2) is 0 Å². The summed E-state index contributed by atoms with van der Waals surface area (Å²) >= 11 is 0. The molecule has 1 aromatic heterocycles. The van der Waals surface area contributed by atoms with Crippen molar-refractivity contribution in [2.75, 3.05) is 6.54 Å². The standard InChI is InChI=1S/C12H15N3/c1-2-4-11(5-3-1)10-13-8-6-12-7-9-14-15-12/h1-5,7,9,13H,6,8,10H2,(H,14,15). The highest BCUT2D eigenvalue weighted by Gasteiger charge is 1.93. The summed E-state index contributed by atoms with van der Waals surface area (Å²) in [7, 11) is 0. The topological polar surface area (TPSA) is 40.7 Å². The molecule has 0 radical (unpaired) electrons. The van der Waals surface area contributed by atoms with E-state index >= 15 is 0 Å². The fourth-order valence-corrected chi connectivity index (χ4v) is 1.48. The first kappa shape index (κ1) is 9.93. The lowest BCUT2D eigenvalue weighted by atomic mass is 10.2. The van der Waals surface area contributed by atoms with Crippen molar-refractivity contribution in [3.05, 3.63) is 53.9 Å². The minimum absolute atomic E-state index is 0.926. The third-order valence-electron chi connectivity index (χ3n) is 2.30. The summed E-state index contributed by atoms with van der Waals surface area (Å²) in [4.78, 5) is 0. The zero-order valence-electron chi connectivity index (χ0n) is 8.61. The van der Waals surface area contributed by atoms with Gasteiger partial charge < -0.3 is 5.32 Å². The highest BCUT2D eigenvalue weighted by Crippen LogP contribution is 1.97. The number of nitrogens with one attached hydrogen (secondary N) is 2. The number of aromatic nitrogens is 2. The number of aromatic amines is 1. The molecule has 15 heavy (non-hydrogen) atoms. The summed E-state index contributed by atoms with van der Waals surface area (Å²) < 4.78 is 0. The molecule has 0 aliphatic heterocycles. The highest BCUT2D eigenvalue weighted by atomic mass is 15.1. The Morgan fingerprint density at radius 3 is 2.73 bits per heavy atom. The molecule has 3 nitrogen and oxygen atoms in total. The molecule has 0 saturated heterocycles. The maximum atomic E-state index is 3.91. The van der Waals surface area contributed by atoms with Crippen molar-refractivity contribution in [2.24, 2.45) is 0 Å². The van der Waals surface area contributed by atoms with Gasteiger partial charge in [0.05, 0.1) is 0 Å². The summed E-state index contributed by atoms with van der Waals surface area (Å²) in [5, 5.41) is 10.2. The Morgan fingerprint density at radius 1 is 1.13 bits per heavy atom. The SMILES string of the molecule is c1ccc(CNCCc2ccn[nH]2)cc1. The number of hydrogen-bond donors (Lipinski definition) is 2. The number of nitrogens with zero attached hydrogens (tertiary/aromatic N) is 1. The van der Waals surface area contributed by atoms with E-state index in [4.69, 9.17) is 0 Å². The Kier molecular flexibility index (Phi) is 3.52. The van der Waals surface area contributed by atoms with E-state index in [1.807, 2.05) is 12.1 Å². The molecule has 3 heteroatoms. The summed E-state index contributed by atoms with van der Waals surface area (Å²) in [6.45, 7) is 1.89. The zero-order chi connectivity index (χ0) is 10.3. The second-order valence-corrected chi connectivity index (χ2v) is 3.49. The molecular formula is C12H15N3. The molecule has 0 spiro atoms. The van der Waals surface area contributed by atoms with E-state index in [1.54, 1.807) is 6.20 Å². The summed E-state index contributed by atoms with van der Waals surface area (Å²) in [5.41, 5.74) is 2.50. The van der Waals surface area contributed by atoms with E-state index in [9.17, 15) is 0 Å². The maximum absolute atomic E-state index is 3.91. The van der Waals surface area contributed by atoms with Gasteiger partial charge in [-0.25, -0.2) is 0 Å². The van der Waals surface area contributed by atoms with Crippen molar-refractivity contribution in [2.45, 2.75) is 13.0 Å². The molecule has 1 aromatic carbocycles. The van der Waals surface area contributed by atoms with Crippen LogP contribution in [-0.4, -0.2) is 16.7 Å². The van der Waals surface area contributed by atoms with E-state index in [-0.39, 0.29) is 0 Å². The molecule has 0 saturated carbocycles. The van der Waals surface area contributed by atoms with E-state index in [2.05, 4.69) is 39.8 Å². The zero-order valence-corrected chi connectivity index (χ0v) is 8.61. The molecule has 0 amide bonds. The maximum Gasteiger partial charge on any atom is 0.0490 e. The molecule has 0 aliphatic rings. The van der Waals surface area contributed by atoms with Crippen molar-refractivity contribution < 1.29 is 0 Å². The fraction of sp³-hybridized carbons (Fsp3) is 0.250. The number of benzene rings is 1. The minimum atomic E-state index is 0.926. The summed E-state index contributed by atoms with van der Waals surface area (Å²) in [6, 6.07) is 12.4. The highest BCUT2D eigenvalue weighted by molar-refractivity contribution is 5.14. The lowest BCUT2D eigenvalue weighted by molar-refractivity contribution is 0.679. The van der Waals surface area contributed by atoms with Gasteiger partial charge in [-0.2, -0.15) is 5.10 Å². The van der Waals surface area contributed by atoms with Crippen LogP contribution in [0.4, 0.5) is 0 Å². The van der Waals surface area contributed by atoms with Crippen LogP contribution < -0.4 is 5.32 Å². The van der Waals surface area contributed by atoms with Crippen molar-refractivity contribution in [3.63, 3.8) is 0 Å². The molecular weight excluding hydrogens is 186 g/mol. The quantitative estimate of drug-likeness (QED) is 0.723. The summed E-state index contributed by atoms with van der Waals surface area (Å²) in [5.74, 6) is 0. The molecule has 0 atom stereocenters. The van der Waals surface area contributed by atoms with Crippen molar-refractivity contribution >= 4 is 0 Å². The van der Waals surface area contributed by atoms with Gasteiger partial charge in [0.25, 0.3) is 0 Å². The predicted octanol–water partition coefficient (Wildman–Crippen LogP) is 1.74. The van der Waals surface area contributed by atoms with Crippen molar-refractivity contribution in [3.8, 4) is 0 Å². The molecule has 1 heterocycles. The molecule has 78 valence electrons. The normalized spacial score (nSPS) is 10.4. The van der Waals surface area contributed by atoms with E-state index < -0.39 is 0 Å². The number of hydrogen-bond acceptors (Lipinski definition) is 2.